The van der Waals surface area contributed by atoms with E-state index in [1.54, 1.807) is 22.6 Å². The van der Waals surface area contributed by atoms with Crippen LogP contribution in [0.4, 0.5) is 0 Å². The van der Waals surface area contributed by atoms with Crippen LogP contribution in [-0.4, -0.2) is 44.6 Å². The maximum Gasteiger partial charge on any atom is 0.424 e. The summed E-state index contributed by atoms with van der Waals surface area (Å²) in [6, 6.07) is 11.7. The van der Waals surface area contributed by atoms with Crippen molar-refractivity contribution in [1.29, 1.82) is 0 Å². The van der Waals surface area contributed by atoms with E-state index in [0.29, 0.717) is 24.8 Å². The summed E-state index contributed by atoms with van der Waals surface area (Å²) in [6.45, 7) is 6.03. The lowest BCUT2D eigenvalue weighted by Gasteiger charge is -2.29. The number of nitrogens with zero attached hydrogens (tertiary/aromatic N) is 1. The van der Waals surface area contributed by atoms with Crippen LogP contribution in [0.5, 0.6) is 17.2 Å². The first-order valence-electron chi connectivity index (χ1n) is 9.92. The Labute approximate surface area is 167 Å². The fraction of sp³-hybridized carbons (Fsp3) is 0.381. The van der Waals surface area contributed by atoms with E-state index in [1.165, 1.54) is 10.5 Å². The van der Waals surface area contributed by atoms with Gasteiger partial charge in [0.15, 0.2) is 23.8 Å². The number of rotatable bonds is 5. The van der Waals surface area contributed by atoms with Crippen LogP contribution in [0.25, 0.3) is 11.1 Å². The molecule has 5 rings (SSSR count). The van der Waals surface area contributed by atoms with Gasteiger partial charge in [-0.2, -0.15) is 0 Å². The highest BCUT2D eigenvalue weighted by molar-refractivity contribution is 5.74. The van der Waals surface area contributed by atoms with Crippen molar-refractivity contribution in [3.63, 3.8) is 0 Å². The molecule has 0 aliphatic carbocycles. The summed E-state index contributed by atoms with van der Waals surface area (Å²) in [4.78, 5) is 15.3. The second kappa shape index (κ2) is 7.46. The van der Waals surface area contributed by atoms with Gasteiger partial charge < -0.3 is 28.4 Å². The number of hydrogen-bond acceptors (Lipinski definition) is 5. The highest BCUT2D eigenvalue weighted by Gasteiger charge is 2.25. The molecule has 2 aliphatic heterocycles. The Morgan fingerprint density at radius 2 is 1.79 bits per heavy atom. The Kier molecular flexibility index (Phi) is 4.65. The first-order chi connectivity index (χ1) is 14.2. The zero-order valence-corrected chi connectivity index (χ0v) is 16.4. The van der Waals surface area contributed by atoms with Crippen molar-refractivity contribution >= 4 is 11.1 Å². The van der Waals surface area contributed by atoms with E-state index in [0.717, 1.165) is 49.7 Å². The molecular weight excluding hydrogens is 374 g/mol. The van der Waals surface area contributed by atoms with Crippen LogP contribution >= 0.6 is 0 Å². The van der Waals surface area contributed by atoms with Gasteiger partial charge in [0.25, 0.3) is 0 Å². The molecule has 8 heteroatoms. The highest BCUT2D eigenvalue weighted by atomic mass is 16.7. The van der Waals surface area contributed by atoms with Crippen molar-refractivity contribution in [2.24, 2.45) is 0 Å². The van der Waals surface area contributed by atoms with E-state index in [4.69, 9.17) is 18.6 Å². The normalized spacial score (nSPS) is 20.9. The van der Waals surface area contributed by atoms with Crippen LogP contribution in [0.15, 0.2) is 45.6 Å². The molecule has 3 aromatic rings. The predicted octanol–water partition coefficient (Wildman–Crippen LogP) is -0.727. The van der Waals surface area contributed by atoms with Gasteiger partial charge in [-0.3, -0.25) is 0 Å². The van der Waals surface area contributed by atoms with E-state index < -0.39 is 0 Å². The van der Waals surface area contributed by atoms with Crippen LogP contribution in [-0.2, 0) is 13.2 Å². The number of fused-ring (bicyclic) bond motifs is 2. The molecule has 2 aliphatic rings. The molecule has 1 aromatic heterocycles. The monoisotopic (exact) mass is 399 g/mol. The number of oxazole rings is 1. The third-order valence-corrected chi connectivity index (χ3v) is 5.81. The SMILES string of the molecule is COc1ccc2c(c1)oc(=O)n2C[NH+]1CC[NH+](Cc2ccc3c(c2)OCO3)CC1. The summed E-state index contributed by atoms with van der Waals surface area (Å²) in [5.74, 6) is 2.05. The molecule has 1 fully saturated rings. The van der Waals surface area contributed by atoms with Gasteiger partial charge in [0.05, 0.1) is 12.6 Å². The second-order valence-corrected chi connectivity index (χ2v) is 7.65. The number of ether oxygens (including phenoxy) is 3. The van der Waals surface area contributed by atoms with Crippen molar-refractivity contribution in [3.8, 4) is 17.2 Å². The van der Waals surface area contributed by atoms with Crippen LogP contribution in [0.1, 0.15) is 5.56 Å². The third kappa shape index (κ3) is 3.56. The summed E-state index contributed by atoms with van der Waals surface area (Å²) < 4.78 is 23.2. The van der Waals surface area contributed by atoms with Crippen molar-refractivity contribution < 1.29 is 28.4 Å². The number of aromatic nitrogens is 1. The quantitative estimate of drug-likeness (QED) is 0.592. The summed E-state index contributed by atoms with van der Waals surface area (Å²) >= 11 is 0. The fourth-order valence-corrected chi connectivity index (χ4v) is 4.18. The summed E-state index contributed by atoms with van der Waals surface area (Å²) in [5.41, 5.74) is 2.65. The Bertz CT molecular complexity index is 1080. The lowest BCUT2D eigenvalue weighted by atomic mass is 10.1. The van der Waals surface area contributed by atoms with E-state index >= 15 is 0 Å². The molecule has 0 unspecified atom stereocenters. The molecule has 1 saturated heterocycles. The lowest BCUT2D eigenvalue weighted by Crippen LogP contribution is -3.27. The minimum absolute atomic E-state index is 0.308. The van der Waals surface area contributed by atoms with Gasteiger partial charge in [-0.15, -0.1) is 0 Å². The van der Waals surface area contributed by atoms with Crippen molar-refractivity contribution in [1.82, 2.24) is 4.57 Å². The van der Waals surface area contributed by atoms with E-state index in [-0.39, 0.29) is 5.76 Å². The molecule has 8 nitrogen and oxygen atoms in total. The van der Waals surface area contributed by atoms with E-state index in [1.807, 2.05) is 18.2 Å². The minimum atomic E-state index is -0.309. The molecule has 29 heavy (non-hydrogen) atoms. The van der Waals surface area contributed by atoms with Gasteiger partial charge in [-0.1, -0.05) is 0 Å². The molecule has 2 N–H and O–H groups in total. The summed E-state index contributed by atoms with van der Waals surface area (Å²) in [6.07, 6.45) is 0. The number of nitrogens with one attached hydrogen (secondary N) is 2. The molecule has 0 atom stereocenters. The van der Waals surface area contributed by atoms with Gasteiger partial charge in [-0.05, 0) is 30.3 Å². The Morgan fingerprint density at radius 3 is 2.62 bits per heavy atom. The number of quaternary nitrogens is 2. The second-order valence-electron chi connectivity index (χ2n) is 7.65. The zero-order valence-electron chi connectivity index (χ0n) is 16.4. The molecule has 2 aromatic carbocycles. The molecule has 152 valence electrons. The fourth-order valence-electron chi connectivity index (χ4n) is 4.18. The third-order valence-electron chi connectivity index (χ3n) is 5.81. The van der Waals surface area contributed by atoms with E-state index in [2.05, 4.69) is 12.1 Å². The van der Waals surface area contributed by atoms with Crippen molar-refractivity contribution in [2.45, 2.75) is 13.2 Å². The molecule has 0 spiro atoms. The maximum atomic E-state index is 12.3. The van der Waals surface area contributed by atoms with Gasteiger partial charge in [0.1, 0.15) is 38.5 Å². The highest BCUT2D eigenvalue weighted by Crippen LogP contribution is 2.32. The van der Waals surface area contributed by atoms with Crippen LogP contribution in [0.2, 0.25) is 0 Å². The Balaban J connectivity index is 1.22. The molecular formula is C21H25N3O5+2. The molecule has 0 saturated carbocycles. The van der Waals surface area contributed by atoms with Gasteiger partial charge in [-0.25, -0.2) is 9.36 Å². The van der Waals surface area contributed by atoms with Gasteiger partial charge >= 0.3 is 5.76 Å². The van der Waals surface area contributed by atoms with E-state index in [9.17, 15) is 4.79 Å². The smallest absolute Gasteiger partial charge is 0.424 e. The summed E-state index contributed by atoms with van der Waals surface area (Å²) in [5, 5.41) is 0. The van der Waals surface area contributed by atoms with Crippen LogP contribution < -0.4 is 29.8 Å². The van der Waals surface area contributed by atoms with Gasteiger partial charge in [0.2, 0.25) is 6.79 Å². The van der Waals surface area contributed by atoms with Gasteiger partial charge in [0, 0.05) is 11.6 Å². The Hall–Kier alpha value is -2.97. The summed E-state index contributed by atoms with van der Waals surface area (Å²) in [7, 11) is 1.60. The van der Waals surface area contributed by atoms with Crippen LogP contribution in [0, 0.1) is 0 Å². The zero-order chi connectivity index (χ0) is 19.8. The average Bonchev–Trinajstić information content (AvgIpc) is 3.32. The average molecular weight is 399 g/mol. The standard InChI is InChI=1S/C21H23N3O5/c1-26-16-3-4-17-19(11-16)29-21(25)24(17)13-23-8-6-22(7-9-23)12-15-2-5-18-20(10-15)28-14-27-18/h2-5,10-11H,6-9,12-14H2,1H3/p+2. The number of piperazine rings is 1. The topological polar surface area (TPSA) is 71.7 Å². The first kappa shape index (κ1) is 18.1. The number of hydrogen-bond donors (Lipinski definition) is 2. The number of benzene rings is 2. The molecule has 0 bridgehead atoms. The molecule has 0 radical (unpaired) electrons. The number of methoxy groups -OCH3 is 1. The largest absolute Gasteiger partial charge is 0.497 e. The molecule has 3 heterocycles. The maximum absolute atomic E-state index is 12.3. The minimum Gasteiger partial charge on any atom is -0.497 e. The molecule has 0 amide bonds. The van der Waals surface area contributed by atoms with Crippen molar-refractivity contribution in [3.05, 3.63) is 52.5 Å². The Morgan fingerprint density at radius 1 is 1.00 bits per heavy atom. The predicted molar refractivity (Wildman–Crippen MR) is 105 cm³/mol. The van der Waals surface area contributed by atoms with Crippen molar-refractivity contribution in [2.75, 3.05) is 40.1 Å². The first-order valence-corrected chi connectivity index (χ1v) is 9.92. The van der Waals surface area contributed by atoms with Crippen LogP contribution in [0.3, 0.4) is 0 Å². The lowest BCUT2D eigenvalue weighted by molar-refractivity contribution is -1.03.